The molecule has 2 aromatic rings. The normalized spacial score (nSPS) is 19.0. The van der Waals surface area contributed by atoms with Crippen molar-refractivity contribution in [2.24, 2.45) is 0 Å². The number of hydrogen-bond donors (Lipinski definition) is 1. The quantitative estimate of drug-likeness (QED) is 0.677. The van der Waals surface area contributed by atoms with Crippen molar-refractivity contribution in [2.45, 2.75) is 13.0 Å². The average Bonchev–Trinajstić information content (AvgIpc) is 3.17. The van der Waals surface area contributed by atoms with Crippen LogP contribution in [0.3, 0.4) is 0 Å². The molecular weight excluding hydrogens is 339 g/mol. The molecule has 0 unspecified atom stereocenters. The zero-order valence-electron chi connectivity index (χ0n) is 13.7. The highest BCUT2D eigenvalue weighted by Crippen LogP contribution is 2.35. The summed E-state index contributed by atoms with van der Waals surface area (Å²) in [6.07, 6.45) is -1.06. The van der Waals surface area contributed by atoms with Crippen molar-refractivity contribution in [1.82, 2.24) is 5.48 Å². The van der Waals surface area contributed by atoms with Crippen molar-refractivity contribution in [3.05, 3.63) is 71.0 Å². The number of halogens is 1. The fraction of sp³-hybridized carbons (Fsp3) is 0.105. The third-order valence-electron chi connectivity index (χ3n) is 4.35. The van der Waals surface area contributed by atoms with Crippen LogP contribution < -0.4 is 10.4 Å². The Hall–Kier alpha value is -3.32. The number of nitrogens with one attached hydrogen (secondary N) is 1. The van der Waals surface area contributed by atoms with Gasteiger partial charge < -0.3 is 0 Å². The number of imide groups is 1. The molecule has 26 heavy (non-hydrogen) atoms. The van der Waals surface area contributed by atoms with Gasteiger partial charge in [-0.15, -0.1) is 0 Å². The Balaban J connectivity index is 1.74. The third kappa shape index (κ3) is 2.41. The summed E-state index contributed by atoms with van der Waals surface area (Å²) in [4.78, 5) is 43.2. The van der Waals surface area contributed by atoms with E-state index in [2.05, 4.69) is 5.48 Å². The van der Waals surface area contributed by atoms with E-state index >= 15 is 0 Å². The minimum Gasteiger partial charge on any atom is -0.295 e. The van der Waals surface area contributed by atoms with E-state index in [4.69, 9.17) is 4.84 Å². The van der Waals surface area contributed by atoms with E-state index in [0.717, 1.165) is 4.90 Å². The smallest absolute Gasteiger partial charge is 0.270 e. The van der Waals surface area contributed by atoms with Crippen LogP contribution in [0.4, 0.5) is 10.1 Å². The topological polar surface area (TPSA) is 75.7 Å². The van der Waals surface area contributed by atoms with Gasteiger partial charge in [0.15, 0.2) is 11.9 Å². The van der Waals surface area contributed by atoms with Gasteiger partial charge in [0.2, 0.25) is 0 Å². The Morgan fingerprint density at radius 3 is 2.35 bits per heavy atom. The summed E-state index contributed by atoms with van der Waals surface area (Å²) >= 11 is 0. The van der Waals surface area contributed by atoms with Crippen molar-refractivity contribution in [3.8, 4) is 0 Å². The van der Waals surface area contributed by atoms with Crippen LogP contribution in [0.1, 0.15) is 22.8 Å². The Labute approximate surface area is 147 Å². The van der Waals surface area contributed by atoms with Crippen molar-refractivity contribution in [3.63, 3.8) is 0 Å². The molecule has 6 nitrogen and oxygen atoms in total. The predicted molar refractivity (Wildman–Crippen MR) is 90.3 cm³/mol. The molecule has 0 aromatic heterocycles. The fourth-order valence-corrected chi connectivity index (χ4v) is 3.01. The molecule has 1 fully saturated rings. The van der Waals surface area contributed by atoms with Crippen LogP contribution in [-0.2, 0) is 14.4 Å². The summed E-state index contributed by atoms with van der Waals surface area (Å²) in [7, 11) is 0. The Morgan fingerprint density at radius 2 is 1.73 bits per heavy atom. The second-order valence-electron chi connectivity index (χ2n) is 5.98. The number of nitrogens with zero attached hydrogens (tertiary/aromatic N) is 1. The number of rotatable bonds is 3. The fourth-order valence-electron chi connectivity index (χ4n) is 3.01. The van der Waals surface area contributed by atoms with E-state index in [1.807, 2.05) is 0 Å². The number of hydrogen-bond acceptors (Lipinski definition) is 5. The van der Waals surface area contributed by atoms with Crippen molar-refractivity contribution in [2.75, 3.05) is 4.90 Å². The molecular formula is C19H13FN2O4. The first-order valence-electron chi connectivity index (χ1n) is 7.88. The molecule has 0 aliphatic carbocycles. The highest BCUT2D eigenvalue weighted by molar-refractivity contribution is 6.33. The molecule has 1 saturated heterocycles. The van der Waals surface area contributed by atoms with Crippen molar-refractivity contribution < 1.29 is 23.6 Å². The molecule has 2 heterocycles. The van der Waals surface area contributed by atoms with Gasteiger partial charge in [-0.1, -0.05) is 0 Å². The van der Waals surface area contributed by atoms with Gasteiger partial charge in [-0.25, -0.2) is 9.29 Å². The number of fused-ring (bicyclic) bond motifs is 1. The van der Waals surface area contributed by atoms with E-state index in [1.54, 1.807) is 24.3 Å². The molecule has 0 spiro atoms. The maximum absolute atomic E-state index is 13.1. The van der Waals surface area contributed by atoms with Crippen LogP contribution in [0.25, 0.3) is 5.70 Å². The van der Waals surface area contributed by atoms with Gasteiger partial charge >= 0.3 is 0 Å². The van der Waals surface area contributed by atoms with E-state index in [9.17, 15) is 18.8 Å². The second kappa shape index (κ2) is 5.89. The molecule has 2 aliphatic heterocycles. The molecule has 1 atom stereocenters. The zero-order chi connectivity index (χ0) is 18.4. The van der Waals surface area contributed by atoms with Crippen LogP contribution in [-0.4, -0.2) is 23.7 Å². The van der Waals surface area contributed by atoms with Gasteiger partial charge in [0.25, 0.3) is 11.8 Å². The summed E-state index contributed by atoms with van der Waals surface area (Å²) < 4.78 is 13.1. The maximum Gasteiger partial charge on any atom is 0.270 e. The lowest BCUT2D eigenvalue weighted by molar-refractivity contribution is -0.127. The average molecular weight is 352 g/mol. The van der Waals surface area contributed by atoms with E-state index in [-0.39, 0.29) is 11.4 Å². The molecule has 0 saturated carbocycles. The number of benzene rings is 2. The van der Waals surface area contributed by atoms with Gasteiger partial charge in [0.05, 0.1) is 17.0 Å². The third-order valence-corrected chi connectivity index (χ3v) is 4.35. The van der Waals surface area contributed by atoms with E-state index < -0.39 is 23.7 Å². The first-order valence-corrected chi connectivity index (χ1v) is 7.88. The molecule has 7 heteroatoms. The number of ketones is 1. The minimum atomic E-state index is -1.06. The number of carbonyl (C=O) groups excluding carboxylic acids is 3. The van der Waals surface area contributed by atoms with Crippen LogP contribution in [0.5, 0.6) is 0 Å². The highest BCUT2D eigenvalue weighted by atomic mass is 19.1. The second-order valence-corrected chi connectivity index (χ2v) is 5.98. The van der Waals surface area contributed by atoms with E-state index in [0.29, 0.717) is 22.5 Å². The monoisotopic (exact) mass is 352 g/mol. The van der Waals surface area contributed by atoms with Gasteiger partial charge in [-0.2, -0.15) is 0 Å². The molecule has 4 rings (SSSR count). The maximum atomic E-state index is 13.1. The van der Waals surface area contributed by atoms with Crippen molar-refractivity contribution in [1.29, 1.82) is 0 Å². The lowest BCUT2D eigenvalue weighted by Crippen LogP contribution is -2.34. The lowest BCUT2D eigenvalue weighted by Gasteiger charge is -2.16. The van der Waals surface area contributed by atoms with Crippen LogP contribution in [0, 0.1) is 5.82 Å². The minimum absolute atomic E-state index is 0.110. The van der Waals surface area contributed by atoms with Crippen LogP contribution in [0.15, 0.2) is 54.1 Å². The van der Waals surface area contributed by atoms with Crippen molar-refractivity contribution >= 4 is 29.0 Å². The molecule has 0 bridgehead atoms. The Bertz CT molecular complexity index is 964. The molecule has 130 valence electrons. The summed E-state index contributed by atoms with van der Waals surface area (Å²) in [5.74, 6) is -1.55. The van der Waals surface area contributed by atoms with Crippen LogP contribution >= 0.6 is 0 Å². The number of anilines is 1. The lowest BCUT2D eigenvalue weighted by atomic mass is 10.0. The first-order chi connectivity index (χ1) is 12.5. The largest absolute Gasteiger partial charge is 0.295 e. The highest BCUT2D eigenvalue weighted by Gasteiger charge is 2.50. The molecule has 0 radical (unpaired) electrons. The SMILES string of the molecule is CC(=O)c1ccc(N2C(=O)C3=C(c4ccc(F)cc4)NO[C@@H]3C2=O)cc1. The summed E-state index contributed by atoms with van der Waals surface area (Å²) in [6, 6.07) is 11.7. The predicted octanol–water partition coefficient (Wildman–Crippen LogP) is 2.22. The zero-order valence-corrected chi connectivity index (χ0v) is 13.7. The Kier molecular flexibility index (Phi) is 3.66. The molecule has 2 aromatic carbocycles. The van der Waals surface area contributed by atoms with Gasteiger partial charge in [0.1, 0.15) is 5.82 Å². The summed E-state index contributed by atoms with van der Waals surface area (Å²) in [5, 5.41) is 0. The molecule has 1 N–H and O–H groups in total. The van der Waals surface area contributed by atoms with Gasteiger partial charge in [0, 0.05) is 11.1 Å². The number of carbonyl (C=O) groups is 3. The van der Waals surface area contributed by atoms with Gasteiger partial charge in [-0.3, -0.25) is 24.7 Å². The first kappa shape index (κ1) is 16.2. The number of Topliss-reactive ketones (excluding diaryl/α,β-unsaturated/α-hetero) is 1. The standard InChI is InChI=1S/C19H13FN2O4/c1-10(23)11-4-8-14(9-5-11)22-18(24)15-16(21-26-17(15)19(22)25)12-2-6-13(20)7-3-12/h2-9,17,21H,1H3/t17-/m0/s1. The number of amides is 2. The molecule has 2 aliphatic rings. The number of hydroxylamine groups is 1. The van der Waals surface area contributed by atoms with Crippen LogP contribution in [0.2, 0.25) is 0 Å². The van der Waals surface area contributed by atoms with Gasteiger partial charge in [-0.05, 0) is 55.5 Å². The summed E-state index contributed by atoms with van der Waals surface area (Å²) in [6.45, 7) is 1.44. The summed E-state index contributed by atoms with van der Waals surface area (Å²) in [5.41, 5.74) is 4.50. The van der Waals surface area contributed by atoms with E-state index in [1.165, 1.54) is 31.2 Å². The Morgan fingerprint density at radius 1 is 1.08 bits per heavy atom. The molecule has 2 amide bonds.